The lowest BCUT2D eigenvalue weighted by Gasteiger charge is -2.38. The molecule has 1 atom stereocenters. The number of rotatable bonds is 6. The summed E-state index contributed by atoms with van der Waals surface area (Å²) >= 11 is 0. The van der Waals surface area contributed by atoms with Gasteiger partial charge in [0, 0.05) is 32.1 Å². The minimum absolute atomic E-state index is 0.0933. The first-order valence-electron chi connectivity index (χ1n) is 12.8. The molecule has 37 heavy (non-hydrogen) atoms. The van der Waals surface area contributed by atoms with E-state index >= 15 is 0 Å². The summed E-state index contributed by atoms with van der Waals surface area (Å²) in [5, 5.41) is 15.8. The van der Waals surface area contributed by atoms with Crippen LogP contribution in [0, 0.1) is 6.92 Å². The van der Waals surface area contributed by atoms with E-state index < -0.39 is 5.60 Å². The molecule has 3 heterocycles. The SMILES string of the molecule is Cc1ccc(-c2c3ncn(CC4(O)CCN(C(=O)C[C@@H](C)c5ccccc5)CC4)c(=O)c3nn2C)cc1. The fourth-order valence-electron chi connectivity index (χ4n) is 5.18. The number of aliphatic hydroxyl groups is 1. The number of hydrogen-bond donors (Lipinski definition) is 1. The number of aryl methyl sites for hydroxylation is 2. The first-order valence-corrected chi connectivity index (χ1v) is 12.8. The first-order chi connectivity index (χ1) is 17.7. The van der Waals surface area contributed by atoms with E-state index in [1.54, 1.807) is 11.7 Å². The van der Waals surface area contributed by atoms with E-state index in [-0.39, 0.29) is 29.4 Å². The zero-order valence-electron chi connectivity index (χ0n) is 21.6. The first kappa shape index (κ1) is 24.9. The molecule has 1 N–H and O–H groups in total. The molecule has 1 fully saturated rings. The molecule has 192 valence electrons. The highest BCUT2D eigenvalue weighted by Gasteiger charge is 2.35. The van der Waals surface area contributed by atoms with Crippen molar-refractivity contribution < 1.29 is 9.90 Å². The van der Waals surface area contributed by atoms with Crippen LogP contribution in [0.25, 0.3) is 22.3 Å². The van der Waals surface area contributed by atoms with Crippen molar-refractivity contribution in [1.29, 1.82) is 0 Å². The number of piperidine rings is 1. The molecule has 1 aliphatic heterocycles. The van der Waals surface area contributed by atoms with Gasteiger partial charge < -0.3 is 10.0 Å². The molecule has 1 saturated heterocycles. The van der Waals surface area contributed by atoms with Crippen LogP contribution in [0.5, 0.6) is 0 Å². The summed E-state index contributed by atoms with van der Waals surface area (Å²) in [5.41, 5.74) is 3.49. The Kier molecular flexibility index (Phi) is 6.69. The molecular formula is C29H33N5O3. The number of carbonyl (C=O) groups excluding carboxylic acids is 1. The molecular weight excluding hydrogens is 466 g/mol. The van der Waals surface area contributed by atoms with E-state index in [4.69, 9.17) is 0 Å². The lowest BCUT2D eigenvalue weighted by atomic mass is 9.90. The second-order valence-electron chi connectivity index (χ2n) is 10.3. The quantitative estimate of drug-likeness (QED) is 0.437. The van der Waals surface area contributed by atoms with Crippen LogP contribution < -0.4 is 5.56 Å². The molecule has 8 heteroatoms. The Balaban J connectivity index is 1.28. The van der Waals surface area contributed by atoms with E-state index in [9.17, 15) is 14.7 Å². The van der Waals surface area contributed by atoms with Crippen molar-refractivity contribution in [3.8, 4) is 11.3 Å². The van der Waals surface area contributed by atoms with Crippen LogP contribution in [-0.4, -0.2) is 53.9 Å². The predicted molar refractivity (Wildman–Crippen MR) is 143 cm³/mol. The van der Waals surface area contributed by atoms with Gasteiger partial charge in [-0.2, -0.15) is 5.10 Å². The molecule has 0 bridgehead atoms. The van der Waals surface area contributed by atoms with Crippen molar-refractivity contribution in [2.45, 2.75) is 51.2 Å². The average Bonchev–Trinajstić information content (AvgIpc) is 3.23. The van der Waals surface area contributed by atoms with Gasteiger partial charge in [-0.25, -0.2) is 4.98 Å². The third-order valence-corrected chi connectivity index (χ3v) is 7.50. The van der Waals surface area contributed by atoms with Crippen LogP contribution >= 0.6 is 0 Å². The van der Waals surface area contributed by atoms with Gasteiger partial charge in [-0.05, 0) is 31.2 Å². The van der Waals surface area contributed by atoms with Crippen LogP contribution in [0.1, 0.15) is 43.2 Å². The maximum atomic E-state index is 13.3. The van der Waals surface area contributed by atoms with Crippen molar-refractivity contribution in [3.05, 3.63) is 82.4 Å². The Hall–Kier alpha value is -3.78. The number of fused-ring (bicyclic) bond motifs is 1. The summed E-state index contributed by atoms with van der Waals surface area (Å²) in [4.78, 5) is 32.6. The zero-order valence-corrected chi connectivity index (χ0v) is 21.6. The highest BCUT2D eigenvalue weighted by molar-refractivity contribution is 5.89. The van der Waals surface area contributed by atoms with E-state index in [1.807, 2.05) is 66.4 Å². The number of carbonyl (C=O) groups is 1. The van der Waals surface area contributed by atoms with Gasteiger partial charge in [-0.3, -0.25) is 18.8 Å². The molecule has 0 unspecified atom stereocenters. The van der Waals surface area contributed by atoms with Crippen molar-refractivity contribution in [2.24, 2.45) is 7.05 Å². The molecule has 5 rings (SSSR count). The fourth-order valence-corrected chi connectivity index (χ4v) is 5.18. The molecule has 1 aliphatic rings. The third-order valence-electron chi connectivity index (χ3n) is 7.50. The van der Waals surface area contributed by atoms with Gasteiger partial charge in [-0.1, -0.05) is 67.1 Å². The summed E-state index contributed by atoms with van der Waals surface area (Å²) < 4.78 is 3.13. The van der Waals surface area contributed by atoms with Gasteiger partial charge in [0.15, 0.2) is 5.52 Å². The van der Waals surface area contributed by atoms with Gasteiger partial charge in [0.25, 0.3) is 5.56 Å². The Morgan fingerprint density at radius 1 is 1.05 bits per heavy atom. The van der Waals surface area contributed by atoms with E-state index in [2.05, 4.69) is 17.0 Å². The van der Waals surface area contributed by atoms with E-state index in [1.165, 1.54) is 10.9 Å². The van der Waals surface area contributed by atoms with Crippen molar-refractivity contribution >= 4 is 16.9 Å². The molecule has 0 saturated carbocycles. The lowest BCUT2D eigenvalue weighted by Crippen LogP contribution is -2.49. The van der Waals surface area contributed by atoms with Gasteiger partial charge in [0.2, 0.25) is 5.91 Å². The van der Waals surface area contributed by atoms with Crippen molar-refractivity contribution in [1.82, 2.24) is 24.2 Å². The summed E-state index contributed by atoms with van der Waals surface area (Å²) in [7, 11) is 1.81. The molecule has 4 aromatic rings. The molecule has 0 radical (unpaired) electrons. The smallest absolute Gasteiger partial charge is 0.281 e. The van der Waals surface area contributed by atoms with E-state index in [0.717, 1.165) is 22.4 Å². The van der Waals surface area contributed by atoms with Crippen molar-refractivity contribution in [3.63, 3.8) is 0 Å². The Morgan fingerprint density at radius 3 is 2.41 bits per heavy atom. The zero-order chi connectivity index (χ0) is 26.2. The maximum Gasteiger partial charge on any atom is 0.281 e. The molecule has 0 aliphatic carbocycles. The summed E-state index contributed by atoms with van der Waals surface area (Å²) in [6, 6.07) is 18.1. The number of aromatic nitrogens is 4. The van der Waals surface area contributed by atoms with Gasteiger partial charge >= 0.3 is 0 Å². The number of benzene rings is 2. The molecule has 2 aromatic heterocycles. The standard InChI is InChI=1S/C29H33N5O3/c1-20-9-11-23(12-10-20)27-25-26(31-32(27)3)28(36)34(19-30-25)18-29(37)13-15-33(16-14-29)24(35)17-21(2)22-7-5-4-6-8-22/h4-12,19,21,37H,13-18H2,1-3H3/t21-/m1/s1. The van der Waals surface area contributed by atoms with Crippen LogP contribution in [0.15, 0.2) is 65.7 Å². The van der Waals surface area contributed by atoms with Gasteiger partial charge in [0.05, 0.1) is 24.2 Å². The van der Waals surface area contributed by atoms with Gasteiger partial charge in [-0.15, -0.1) is 0 Å². The lowest BCUT2D eigenvalue weighted by molar-refractivity contribution is -0.136. The molecule has 1 amide bonds. The Bertz CT molecular complexity index is 1470. The predicted octanol–water partition coefficient (Wildman–Crippen LogP) is 3.65. The number of likely N-dealkylation sites (tertiary alicyclic amines) is 1. The summed E-state index contributed by atoms with van der Waals surface area (Å²) in [5.74, 6) is 0.227. The highest BCUT2D eigenvalue weighted by Crippen LogP contribution is 2.28. The highest BCUT2D eigenvalue weighted by atomic mass is 16.3. The fraction of sp³-hybridized carbons (Fsp3) is 0.379. The topological polar surface area (TPSA) is 93.2 Å². The van der Waals surface area contributed by atoms with Crippen LogP contribution in [0.2, 0.25) is 0 Å². The molecule has 8 nitrogen and oxygen atoms in total. The van der Waals surface area contributed by atoms with E-state index in [0.29, 0.717) is 37.9 Å². The number of nitrogens with zero attached hydrogens (tertiary/aromatic N) is 5. The van der Waals surface area contributed by atoms with Gasteiger partial charge in [0.1, 0.15) is 5.52 Å². The number of hydrogen-bond acceptors (Lipinski definition) is 5. The number of amides is 1. The van der Waals surface area contributed by atoms with Crippen molar-refractivity contribution in [2.75, 3.05) is 13.1 Å². The largest absolute Gasteiger partial charge is 0.388 e. The minimum atomic E-state index is -1.09. The van der Waals surface area contributed by atoms with Crippen LogP contribution in [0.3, 0.4) is 0 Å². The molecule has 2 aromatic carbocycles. The maximum absolute atomic E-state index is 13.3. The Labute approximate surface area is 216 Å². The third kappa shape index (κ3) is 5.06. The van der Waals surface area contributed by atoms with Crippen LogP contribution in [-0.2, 0) is 18.4 Å². The normalized spacial score (nSPS) is 16.2. The Morgan fingerprint density at radius 2 is 1.73 bits per heavy atom. The minimum Gasteiger partial charge on any atom is -0.388 e. The average molecular weight is 500 g/mol. The summed E-state index contributed by atoms with van der Waals surface area (Å²) in [6.45, 7) is 5.13. The van der Waals surface area contributed by atoms with Crippen LogP contribution in [0.4, 0.5) is 0 Å². The summed E-state index contributed by atoms with van der Waals surface area (Å²) in [6.07, 6.45) is 2.74. The second-order valence-corrected chi connectivity index (χ2v) is 10.3. The second kappa shape index (κ2) is 9.94. The molecule has 0 spiro atoms. The monoisotopic (exact) mass is 499 g/mol.